The maximum absolute atomic E-state index is 14.7. The smallest absolute Gasteiger partial charge is 0.249 e. The predicted octanol–water partition coefficient (Wildman–Crippen LogP) is 5.54. The van der Waals surface area contributed by atoms with Crippen molar-refractivity contribution in [3.63, 3.8) is 0 Å². The van der Waals surface area contributed by atoms with Crippen LogP contribution in [-0.2, 0) is 22.4 Å². The van der Waals surface area contributed by atoms with Crippen LogP contribution in [-0.4, -0.2) is 58.0 Å². The van der Waals surface area contributed by atoms with Crippen molar-refractivity contribution >= 4 is 17.2 Å². The van der Waals surface area contributed by atoms with Crippen LogP contribution in [0.4, 0.5) is 4.39 Å². The Morgan fingerprint density at radius 3 is 2.70 bits per heavy atom. The Morgan fingerprint density at radius 2 is 2.02 bits per heavy atom. The Bertz CT molecular complexity index is 1450. The highest BCUT2D eigenvalue weighted by molar-refractivity contribution is 7.13. The maximum Gasteiger partial charge on any atom is 0.249 e. The van der Waals surface area contributed by atoms with Crippen molar-refractivity contribution < 1.29 is 23.8 Å². The summed E-state index contributed by atoms with van der Waals surface area (Å²) in [5, 5.41) is 20.8. The number of fused-ring (bicyclic) bond motifs is 1. The van der Waals surface area contributed by atoms with E-state index in [-0.39, 0.29) is 41.7 Å². The number of hydrogen-bond acceptors (Lipinski definition) is 8. The van der Waals surface area contributed by atoms with Crippen LogP contribution >= 0.6 is 11.3 Å². The maximum atomic E-state index is 14.7. The van der Waals surface area contributed by atoms with Gasteiger partial charge in [-0.1, -0.05) is 20.8 Å². The van der Waals surface area contributed by atoms with Gasteiger partial charge in [-0.05, 0) is 85.8 Å². The molecule has 1 saturated heterocycles. The van der Waals surface area contributed by atoms with Crippen LogP contribution in [0, 0.1) is 11.2 Å². The molecule has 3 N–H and O–H groups in total. The minimum Gasteiger partial charge on any atom is -0.471 e. The number of nitrogens with one attached hydrogen (secondary N) is 2. The molecule has 1 amide bonds. The molecule has 1 aromatic carbocycles. The summed E-state index contributed by atoms with van der Waals surface area (Å²) in [5.74, 6) is 0.0370. The third-order valence-corrected chi connectivity index (χ3v) is 9.70. The molecule has 0 unspecified atom stereocenters. The van der Waals surface area contributed by atoms with Gasteiger partial charge < -0.3 is 25.2 Å². The largest absolute Gasteiger partial charge is 0.471 e. The monoisotopic (exact) mass is 622 g/mol. The lowest BCUT2D eigenvalue weighted by Gasteiger charge is -2.47. The van der Waals surface area contributed by atoms with Crippen molar-refractivity contribution in [2.75, 3.05) is 13.2 Å². The predicted molar refractivity (Wildman–Crippen MR) is 168 cm³/mol. The summed E-state index contributed by atoms with van der Waals surface area (Å²) in [4.78, 5) is 22.2. The lowest BCUT2D eigenvalue weighted by molar-refractivity contribution is -0.131. The minimum atomic E-state index is -0.943. The van der Waals surface area contributed by atoms with Crippen LogP contribution in [0.2, 0.25) is 0 Å². The van der Waals surface area contributed by atoms with Gasteiger partial charge in [-0.25, -0.2) is 14.4 Å². The lowest BCUT2D eigenvalue weighted by atomic mass is 9.73. The molecule has 2 aliphatic heterocycles. The number of rotatable bonds is 10. The number of aliphatic hydroxyl groups is 1. The van der Waals surface area contributed by atoms with E-state index >= 15 is 0 Å². The van der Waals surface area contributed by atoms with Crippen LogP contribution in [0.15, 0.2) is 42.0 Å². The molecule has 1 spiro atoms. The highest BCUT2D eigenvalue weighted by Crippen LogP contribution is 2.48. The first-order valence-corrected chi connectivity index (χ1v) is 16.6. The van der Waals surface area contributed by atoms with E-state index in [1.807, 2.05) is 17.6 Å². The van der Waals surface area contributed by atoms with Gasteiger partial charge in [0.15, 0.2) is 0 Å². The molecule has 1 saturated carbocycles. The van der Waals surface area contributed by atoms with Crippen LogP contribution < -0.4 is 15.4 Å². The average molecular weight is 623 g/mol. The number of pyridine rings is 1. The molecule has 4 atom stereocenters. The summed E-state index contributed by atoms with van der Waals surface area (Å²) in [6.45, 7) is 7.41. The fourth-order valence-corrected chi connectivity index (χ4v) is 7.23. The van der Waals surface area contributed by atoms with Crippen molar-refractivity contribution in [2.45, 2.75) is 102 Å². The summed E-state index contributed by atoms with van der Waals surface area (Å²) in [5.41, 5.74) is 3.40. The number of carbonyl (C=O) groups is 1. The third-order valence-electron chi connectivity index (χ3n) is 8.88. The zero-order valence-corrected chi connectivity index (χ0v) is 26.6. The van der Waals surface area contributed by atoms with Crippen molar-refractivity contribution in [1.29, 1.82) is 0 Å². The zero-order valence-electron chi connectivity index (χ0n) is 25.8. The molecule has 8 nitrogen and oxygen atoms in total. The van der Waals surface area contributed by atoms with Gasteiger partial charge in [0.05, 0.1) is 12.1 Å². The number of hydrogen-bond donors (Lipinski definition) is 3. The summed E-state index contributed by atoms with van der Waals surface area (Å²) < 4.78 is 26.8. The molecule has 6 rings (SSSR count). The number of nitrogens with zero attached hydrogens (tertiary/aromatic N) is 2. The molecule has 1 aliphatic carbocycles. The third kappa shape index (κ3) is 7.30. The van der Waals surface area contributed by atoms with E-state index < -0.39 is 18.2 Å². The Morgan fingerprint density at radius 1 is 1.18 bits per heavy atom. The van der Waals surface area contributed by atoms with E-state index in [2.05, 4.69) is 42.5 Å². The van der Waals surface area contributed by atoms with Gasteiger partial charge in [0, 0.05) is 54.5 Å². The minimum absolute atomic E-state index is 0.0543. The van der Waals surface area contributed by atoms with E-state index in [4.69, 9.17) is 14.5 Å². The Balaban J connectivity index is 1.22. The van der Waals surface area contributed by atoms with Crippen molar-refractivity contribution in [3.05, 3.63) is 64.5 Å². The first-order valence-electron chi connectivity index (χ1n) is 15.8. The number of amides is 1. The number of carbonyl (C=O) groups excluding carboxylic acids is 1. The number of halogens is 1. The molecule has 4 heterocycles. The normalized spacial score (nSPS) is 22.1. The first-order chi connectivity index (χ1) is 21.1. The second-order valence-corrected chi connectivity index (χ2v) is 14.7. The van der Waals surface area contributed by atoms with Gasteiger partial charge in [0.2, 0.25) is 11.8 Å². The quantitative estimate of drug-likeness (QED) is 0.273. The molecule has 44 heavy (non-hydrogen) atoms. The Kier molecular flexibility index (Phi) is 9.06. The van der Waals surface area contributed by atoms with Gasteiger partial charge >= 0.3 is 0 Å². The van der Waals surface area contributed by atoms with Gasteiger partial charge in [0.25, 0.3) is 0 Å². The summed E-state index contributed by atoms with van der Waals surface area (Å²) >= 11 is 1.44. The molecule has 3 aliphatic rings. The van der Waals surface area contributed by atoms with Gasteiger partial charge in [-0.2, -0.15) is 0 Å². The fourth-order valence-electron chi connectivity index (χ4n) is 6.61. The van der Waals surface area contributed by atoms with Crippen molar-refractivity contribution in [1.82, 2.24) is 20.6 Å². The molecular weight excluding hydrogens is 579 g/mol. The number of aromatic nitrogens is 2. The van der Waals surface area contributed by atoms with Crippen LogP contribution in [0.3, 0.4) is 0 Å². The molecule has 0 bridgehead atoms. The lowest BCUT2D eigenvalue weighted by Crippen LogP contribution is -2.53. The van der Waals surface area contributed by atoms with E-state index in [9.17, 15) is 14.3 Å². The molecule has 10 heteroatoms. The fraction of sp³-hybridized carbons (Fsp3) is 0.559. The Labute approximate surface area is 262 Å². The zero-order chi connectivity index (χ0) is 30.9. The van der Waals surface area contributed by atoms with Crippen LogP contribution in [0.1, 0.15) is 82.0 Å². The van der Waals surface area contributed by atoms with Crippen LogP contribution in [0.5, 0.6) is 5.88 Å². The van der Waals surface area contributed by atoms with E-state index in [1.54, 1.807) is 6.20 Å². The highest BCUT2D eigenvalue weighted by Gasteiger charge is 2.46. The highest BCUT2D eigenvalue weighted by atomic mass is 32.1. The SMILES string of the molecule is CC(C)(C)Cc1cnc2c(c1)[C@@H](NC[C@H](O)[C@H](Cc1cc(F)cc(-c3nccs3)c1)NC(=O)[C@@H]1CCCO1)CC1(CCC1)O2. The topological polar surface area (TPSA) is 106 Å². The van der Waals surface area contributed by atoms with Gasteiger partial charge in [-0.15, -0.1) is 11.3 Å². The number of benzene rings is 1. The van der Waals surface area contributed by atoms with Crippen molar-refractivity contribution in [3.8, 4) is 16.5 Å². The first kappa shape index (κ1) is 31.1. The number of aliphatic hydroxyl groups excluding tert-OH is 1. The van der Waals surface area contributed by atoms with Gasteiger partial charge in [-0.3, -0.25) is 4.79 Å². The molecule has 2 fully saturated rings. The summed E-state index contributed by atoms with van der Waals surface area (Å²) in [6, 6.07) is 6.27. The van der Waals surface area contributed by atoms with E-state index in [0.717, 1.165) is 54.7 Å². The molecule has 236 valence electrons. The summed E-state index contributed by atoms with van der Waals surface area (Å²) in [7, 11) is 0. The average Bonchev–Trinajstić information content (AvgIpc) is 3.69. The number of thiazole rings is 1. The standard InChI is InChI=1S/C34H43FN4O4S/c1-33(2,3)17-22-14-25-27(18-34(7-5-8-34)43-31(25)38-19-22)37-20-28(40)26(39-30(41)29-6-4-10-42-29)15-21-12-23(16-24(35)13-21)32-36-9-11-44-32/h9,11-14,16,19,26-29,37,40H,4-8,10,15,17-18,20H2,1-3H3,(H,39,41)/t26-,27-,28-,29-/m0/s1. The van der Waals surface area contributed by atoms with Crippen molar-refractivity contribution in [2.24, 2.45) is 5.41 Å². The summed E-state index contributed by atoms with van der Waals surface area (Å²) in [6.07, 6.45) is 8.63. The second-order valence-electron chi connectivity index (χ2n) is 13.9. The molecule has 0 radical (unpaired) electrons. The van der Waals surface area contributed by atoms with E-state index in [0.29, 0.717) is 30.0 Å². The van der Waals surface area contributed by atoms with E-state index in [1.165, 1.54) is 23.5 Å². The Hall–Kier alpha value is -2.92. The molecular formula is C34H43FN4O4S. The van der Waals surface area contributed by atoms with Crippen LogP contribution in [0.25, 0.3) is 10.6 Å². The molecule has 3 aromatic rings. The molecule has 2 aromatic heterocycles. The van der Waals surface area contributed by atoms with Gasteiger partial charge in [0.1, 0.15) is 22.5 Å². The number of ether oxygens (including phenoxy) is 2. The second kappa shape index (κ2) is 12.8.